The molecule has 1 heterocycles. The molecule has 4 N–H and O–H groups in total. The molecule has 0 spiro atoms. The van der Waals surface area contributed by atoms with Gasteiger partial charge in [-0.2, -0.15) is 0 Å². The second-order valence-electron chi connectivity index (χ2n) is 3.80. The normalized spacial score (nSPS) is 38.1. The largest absolute Gasteiger partial charge is 0.480 e. The maximum Gasteiger partial charge on any atom is 0.354 e. The summed E-state index contributed by atoms with van der Waals surface area (Å²) >= 11 is 0. The summed E-state index contributed by atoms with van der Waals surface area (Å²) in [7, 11) is 0. The Morgan fingerprint density at radius 1 is 1.53 bits per heavy atom. The summed E-state index contributed by atoms with van der Waals surface area (Å²) in [5, 5.41) is 21.1. The maximum atomic E-state index is 10.9. The van der Waals surface area contributed by atoms with Gasteiger partial charge in [0.2, 0.25) is 0 Å². The van der Waals surface area contributed by atoms with Gasteiger partial charge in [0.15, 0.2) is 17.4 Å². The second kappa shape index (κ2) is 2.93. The van der Waals surface area contributed by atoms with Crippen molar-refractivity contribution in [1.82, 2.24) is 0 Å². The first-order chi connectivity index (χ1) is 6.97. The lowest BCUT2D eigenvalue weighted by Crippen LogP contribution is -2.55. The van der Waals surface area contributed by atoms with Crippen molar-refractivity contribution in [1.29, 1.82) is 0 Å². The molecule has 15 heavy (non-hydrogen) atoms. The molecular formula is C8H10N2O5. The van der Waals surface area contributed by atoms with Crippen LogP contribution in [-0.4, -0.2) is 39.5 Å². The van der Waals surface area contributed by atoms with E-state index in [-0.39, 0.29) is 12.1 Å². The van der Waals surface area contributed by atoms with Crippen molar-refractivity contribution in [3.8, 4) is 0 Å². The molecule has 3 atom stereocenters. The molecule has 0 aromatic carbocycles. The number of oxime groups is 1. The standard InChI is InChI=1S/C8H10N2O5/c9-8(7(13)14)2-1-3-4(6(11)12)10-15-5(3)8/h3,5H,1-2,9H2,(H,11,12)(H,13,14)/t3-,5-,8-/m0/s1. The quantitative estimate of drug-likeness (QED) is 0.542. The van der Waals surface area contributed by atoms with Crippen molar-refractivity contribution in [2.45, 2.75) is 24.5 Å². The van der Waals surface area contributed by atoms with E-state index >= 15 is 0 Å². The molecule has 0 amide bonds. The third-order valence-corrected chi connectivity index (χ3v) is 2.98. The second-order valence-corrected chi connectivity index (χ2v) is 3.80. The monoisotopic (exact) mass is 214 g/mol. The van der Waals surface area contributed by atoms with E-state index in [1.165, 1.54) is 0 Å². The lowest BCUT2D eigenvalue weighted by Gasteiger charge is -2.23. The van der Waals surface area contributed by atoms with Crippen LogP contribution in [0.25, 0.3) is 0 Å². The van der Waals surface area contributed by atoms with Crippen molar-refractivity contribution < 1.29 is 24.6 Å². The topological polar surface area (TPSA) is 122 Å². The van der Waals surface area contributed by atoms with E-state index in [0.29, 0.717) is 6.42 Å². The van der Waals surface area contributed by atoms with Gasteiger partial charge < -0.3 is 20.8 Å². The fourth-order valence-corrected chi connectivity index (χ4v) is 2.10. The number of nitrogens with zero attached hydrogens (tertiary/aromatic N) is 1. The lowest BCUT2D eigenvalue weighted by molar-refractivity contribution is -0.148. The highest BCUT2D eigenvalue weighted by Gasteiger charge is 2.58. The number of rotatable bonds is 2. The molecule has 1 saturated carbocycles. The molecular weight excluding hydrogens is 204 g/mol. The van der Waals surface area contributed by atoms with Crippen molar-refractivity contribution in [3.63, 3.8) is 0 Å². The maximum absolute atomic E-state index is 10.9. The molecule has 7 nitrogen and oxygen atoms in total. The Bertz CT molecular complexity index is 366. The summed E-state index contributed by atoms with van der Waals surface area (Å²) in [6.45, 7) is 0. The predicted molar refractivity (Wildman–Crippen MR) is 47.2 cm³/mol. The molecule has 0 saturated heterocycles. The third kappa shape index (κ3) is 1.19. The van der Waals surface area contributed by atoms with E-state index in [1.54, 1.807) is 0 Å². The van der Waals surface area contributed by atoms with Crippen LogP contribution in [0.15, 0.2) is 5.16 Å². The first kappa shape index (κ1) is 9.91. The predicted octanol–water partition coefficient (Wildman–Crippen LogP) is -0.982. The van der Waals surface area contributed by atoms with Gasteiger partial charge in [-0.15, -0.1) is 0 Å². The summed E-state index contributed by atoms with van der Waals surface area (Å²) in [5.74, 6) is -2.88. The van der Waals surface area contributed by atoms with Crippen LogP contribution in [0.1, 0.15) is 12.8 Å². The molecule has 0 radical (unpaired) electrons. The van der Waals surface area contributed by atoms with Gasteiger partial charge in [0.1, 0.15) is 0 Å². The van der Waals surface area contributed by atoms with Gasteiger partial charge in [-0.25, -0.2) is 4.79 Å². The van der Waals surface area contributed by atoms with Crippen molar-refractivity contribution in [2.24, 2.45) is 16.8 Å². The summed E-state index contributed by atoms with van der Waals surface area (Å²) in [5.41, 5.74) is 4.01. The minimum absolute atomic E-state index is 0.131. The Morgan fingerprint density at radius 2 is 2.20 bits per heavy atom. The molecule has 1 aliphatic carbocycles. The number of hydrogen-bond acceptors (Lipinski definition) is 5. The minimum atomic E-state index is -1.52. The molecule has 0 unspecified atom stereocenters. The van der Waals surface area contributed by atoms with Gasteiger partial charge in [0, 0.05) is 0 Å². The van der Waals surface area contributed by atoms with Crippen LogP contribution < -0.4 is 5.73 Å². The number of nitrogens with two attached hydrogens (primary N) is 1. The fourth-order valence-electron chi connectivity index (χ4n) is 2.10. The average molecular weight is 214 g/mol. The molecule has 1 aliphatic heterocycles. The zero-order chi connectivity index (χ0) is 11.2. The van der Waals surface area contributed by atoms with E-state index in [1.807, 2.05) is 0 Å². The average Bonchev–Trinajstić information content (AvgIpc) is 2.67. The van der Waals surface area contributed by atoms with Crippen LogP contribution >= 0.6 is 0 Å². The van der Waals surface area contributed by atoms with E-state index in [4.69, 9.17) is 20.8 Å². The van der Waals surface area contributed by atoms with E-state index in [9.17, 15) is 9.59 Å². The number of aliphatic carboxylic acids is 2. The number of carbonyl (C=O) groups is 2. The van der Waals surface area contributed by atoms with E-state index in [0.717, 1.165) is 0 Å². The third-order valence-electron chi connectivity index (χ3n) is 2.98. The van der Waals surface area contributed by atoms with Gasteiger partial charge in [-0.3, -0.25) is 4.79 Å². The minimum Gasteiger partial charge on any atom is -0.480 e. The Balaban J connectivity index is 2.26. The summed E-state index contributed by atoms with van der Waals surface area (Å²) in [4.78, 5) is 26.5. The summed E-state index contributed by atoms with van der Waals surface area (Å²) in [6.07, 6.45) is -0.288. The van der Waals surface area contributed by atoms with Gasteiger partial charge in [0.05, 0.1) is 5.92 Å². The Labute approximate surface area is 84.5 Å². The molecule has 7 heteroatoms. The van der Waals surface area contributed by atoms with E-state index in [2.05, 4.69) is 5.16 Å². The highest BCUT2D eigenvalue weighted by atomic mass is 16.6. The zero-order valence-electron chi connectivity index (χ0n) is 7.71. The zero-order valence-corrected chi connectivity index (χ0v) is 7.71. The Hall–Kier alpha value is -1.63. The van der Waals surface area contributed by atoms with Crippen molar-refractivity contribution >= 4 is 17.7 Å². The number of hydrogen-bond donors (Lipinski definition) is 3. The van der Waals surface area contributed by atoms with Crippen LogP contribution in [0.3, 0.4) is 0 Å². The molecule has 0 aromatic rings. The van der Waals surface area contributed by atoms with Crippen LogP contribution in [0, 0.1) is 5.92 Å². The number of carboxylic acid groups (broad SMARTS) is 2. The van der Waals surface area contributed by atoms with Gasteiger partial charge in [0.25, 0.3) is 0 Å². The van der Waals surface area contributed by atoms with Crippen LogP contribution in [0.2, 0.25) is 0 Å². The molecule has 0 aromatic heterocycles. The highest BCUT2D eigenvalue weighted by Crippen LogP contribution is 2.40. The van der Waals surface area contributed by atoms with Gasteiger partial charge >= 0.3 is 11.9 Å². The molecule has 0 bridgehead atoms. The highest BCUT2D eigenvalue weighted by molar-refractivity contribution is 6.37. The molecule has 82 valence electrons. The molecule has 1 fully saturated rings. The first-order valence-electron chi connectivity index (χ1n) is 4.46. The Morgan fingerprint density at radius 3 is 2.73 bits per heavy atom. The van der Waals surface area contributed by atoms with Crippen LogP contribution in [-0.2, 0) is 14.4 Å². The van der Waals surface area contributed by atoms with Crippen LogP contribution in [0.5, 0.6) is 0 Å². The fraction of sp³-hybridized carbons (Fsp3) is 0.625. The molecule has 2 rings (SSSR count). The van der Waals surface area contributed by atoms with Gasteiger partial charge in [-0.1, -0.05) is 5.16 Å². The smallest absolute Gasteiger partial charge is 0.354 e. The van der Waals surface area contributed by atoms with Gasteiger partial charge in [-0.05, 0) is 12.8 Å². The van der Waals surface area contributed by atoms with Crippen LogP contribution in [0.4, 0.5) is 0 Å². The van der Waals surface area contributed by atoms with Crippen molar-refractivity contribution in [2.75, 3.05) is 0 Å². The van der Waals surface area contributed by atoms with E-state index < -0.39 is 29.5 Å². The first-order valence-corrected chi connectivity index (χ1v) is 4.46. The SMILES string of the molecule is N[C@@]1(C(=O)O)CC[C@H]2C(C(=O)O)=NO[C@@H]21. The number of fused-ring (bicyclic) bond motifs is 1. The lowest BCUT2D eigenvalue weighted by atomic mass is 9.92. The Kier molecular flexibility index (Phi) is 1.93. The summed E-state index contributed by atoms with van der Waals surface area (Å²) < 4.78 is 0. The molecule has 2 aliphatic rings. The number of carboxylic acids is 2. The summed E-state index contributed by atoms with van der Waals surface area (Å²) in [6, 6.07) is 0. The van der Waals surface area contributed by atoms with Crippen molar-refractivity contribution in [3.05, 3.63) is 0 Å².